The molecule has 2 aromatic rings. The van der Waals surface area contributed by atoms with Gasteiger partial charge in [0.15, 0.2) is 0 Å². The van der Waals surface area contributed by atoms with Crippen LogP contribution in [0.3, 0.4) is 0 Å². The molecule has 0 radical (unpaired) electrons. The molecule has 3 heteroatoms. The van der Waals surface area contributed by atoms with Crippen molar-refractivity contribution in [3.05, 3.63) is 30.5 Å². The Morgan fingerprint density at radius 1 is 1.17 bits per heavy atom. The van der Waals surface area contributed by atoms with Crippen LogP contribution in [-0.4, -0.2) is 25.1 Å². The zero-order chi connectivity index (χ0) is 12.4. The number of anilines is 2. The zero-order valence-corrected chi connectivity index (χ0v) is 10.8. The number of nitrogens with one attached hydrogen (secondary N) is 1. The summed E-state index contributed by atoms with van der Waals surface area (Å²) in [6, 6.07) is 8.52. The van der Waals surface area contributed by atoms with Gasteiger partial charge in [-0.1, -0.05) is 6.07 Å². The normalized spacial score (nSPS) is 15.9. The molecule has 3 rings (SSSR count). The number of hydrogen-bond donors (Lipinski definition) is 1. The van der Waals surface area contributed by atoms with Crippen molar-refractivity contribution in [2.24, 2.45) is 0 Å². The number of rotatable bonds is 2. The fraction of sp³-hybridized carbons (Fsp3) is 0.400. The lowest BCUT2D eigenvalue weighted by atomic mass is 10.1. The summed E-state index contributed by atoms with van der Waals surface area (Å²) in [5, 5.41) is 4.51. The van der Waals surface area contributed by atoms with E-state index in [4.69, 9.17) is 0 Å². The Labute approximate surface area is 108 Å². The summed E-state index contributed by atoms with van der Waals surface area (Å²) in [5.41, 5.74) is 3.58. The quantitative estimate of drug-likeness (QED) is 0.874. The van der Waals surface area contributed by atoms with Crippen LogP contribution in [-0.2, 0) is 0 Å². The molecule has 3 nitrogen and oxygen atoms in total. The van der Waals surface area contributed by atoms with Gasteiger partial charge >= 0.3 is 0 Å². The molecule has 1 aliphatic rings. The first-order valence-corrected chi connectivity index (χ1v) is 6.70. The standard InChI is InChI=1S/C15H19N3/c1-16-14-10-12-6-5-7-17-13(12)11-15(14)18-8-3-2-4-9-18/h5-7,10-11,16H,2-4,8-9H2,1H3. The van der Waals surface area contributed by atoms with E-state index in [-0.39, 0.29) is 0 Å². The summed E-state index contributed by atoms with van der Waals surface area (Å²) in [5.74, 6) is 0. The maximum Gasteiger partial charge on any atom is 0.0724 e. The highest BCUT2D eigenvalue weighted by Gasteiger charge is 2.15. The molecule has 0 aliphatic carbocycles. The molecule has 2 heterocycles. The number of nitrogens with zero attached hydrogens (tertiary/aromatic N) is 2. The van der Waals surface area contributed by atoms with E-state index in [1.807, 2.05) is 19.3 Å². The zero-order valence-electron chi connectivity index (χ0n) is 10.8. The van der Waals surface area contributed by atoms with E-state index in [1.54, 1.807) is 0 Å². The number of fused-ring (bicyclic) bond motifs is 1. The molecule has 1 saturated heterocycles. The van der Waals surface area contributed by atoms with Crippen LogP contribution in [0, 0.1) is 0 Å². The Balaban J connectivity index is 2.08. The molecular formula is C15H19N3. The van der Waals surface area contributed by atoms with Crippen LogP contribution in [0.4, 0.5) is 11.4 Å². The summed E-state index contributed by atoms with van der Waals surface area (Å²) in [7, 11) is 1.99. The molecule has 0 amide bonds. The fourth-order valence-electron chi connectivity index (χ4n) is 2.71. The Morgan fingerprint density at radius 3 is 2.78 bits per heavy atom. The SMILES string of the molecule is CNc1cc2cccnc2cc1N1CCCCC1. The maximum absolute atomic E-state index is 4.46. The molecule has 0 saturated carbocycles. The van der Waals surface area contributed by atoms with Crippen molar-refractivity contribution in [1.82, 2.24) is 4.98 Å². The Bertz CT molecular complexity index is 544. The second-order valence-corrected chi connectivity index (χ2v) is 4.86. The molecule has 1 aromatic heterocycles. The van der Waals surface area contributed by atoms with Crippen molar-refractivity contribution in [2.75, 3.05) is 30.4 Å². The molecule has 94 valence electrons. The highest BCUT2D eigenvalue weighted by Crippen LogP contribution is 2.31. The first-order chi connectivity index (χ1) is 8.88. The smallest absolute Gasteiger partial charge is 0.0724 e. The molecule has 0 bridgehead atoms. The molecule has 1 aromatic carbocycles. The van der Waals surface area contributed by atoms with Gasteiger partial charge in [0.25, 0.3) is 0 Å². The van der Waals surface area contributed by atoms with E-state index in [0.717, 1.165) is 18.6 Å². The largest absolute Gasteiger partial charge is 0.386 e. The molecule has 0 spiro atoms. The van der Waals surface area contributed by atoms with Gasteiger partial charge in [-0.3, -0.25) is 4.98 Å². The molecule has 1 N–H and O–H groups in total. The monoisotopic (exact) mass is 241 g/mol. The molecule has 0 atom stereocenters. The van der Waals surface area contributed by atoms with Crippen LogP contribution in [0.25, 0.3) is 10.9 Å². The van der Waals surface area contributed by atoms with Gasteiger partial charge in [-0.15, -0.1) is 0 Å². The molecular weight excluding hydrogens is 222 g/mol. The van der Waals surface area contributed by atoms with E-state index in [0.29, 0.717) is 0 Å². The van der Waals surface area contributed by atoms with Crippen LogP contribution in [0.1, 0.15) is 19.3 Å². The highest BCUT2D eigenvalue weighted by molar-refractivity contribution is 5.90. The lowest BCUT2D eigenvalue weighted by molar-refractivity contribution is 0.578. The number of benzene rings is 1. The molecule has 0 unspecified atom stereocenters. The van der Waals surface area contributed by atoms with Crippen LogP contribution < -0.4 is 10.2 Å². The van der Waals surface area contributed by atoms with Gasteiger partial charge in [0.05, 0.1) is 16.9 Å². The second kappa shape index (κ2) is 4.84. The number of piperidine rings is 1. The van der Waals surface area contributed by atoms with Crippen molar-refractivity contribution < 1.29 is 0 Å². The summed E-state index contributed by atoms with van der Waals surface area (Å²) in [6.07, 6.45) is 5.81. The van der Waals surface area contributed by atoms with Crippen LogP contribution in [0.5, 0.6) is 0 Å². The Hall–Kier alpha value is -1.77. The summed E-state index contributed by atoms with van der Waals surface area (Å²) < 4.78 is 0. The van der Waals surface area contributed by atoms with Gasteiger partial charge in [0.1, 0.15) is 0 Å². The van der Waals surface area contributed by atoms with Crippen molar-refractivity contribution >= 4 is 22.3 Å². The van der Waals surface area contributed by atoms with Gasteiger partial charge in [0, 0.05) is 31.7 Å². The van der Waals surface area contributed by atoms with Crippen LogP contribution in [0.2, 0.25) is 0 Å². The van der Waals surface area contributed by atoms with Crippen LogP contribution >= 0.6 is 0 Å². The maximum atomic E-state index is 4.46. The van der Waals surface area contributed by atoms with E-state index >= 15 is 0 Å². The lowest BCUT2D eigenvalue weighted by Gasteiger charge is -2.30. The Kier molecular flexibility index (Phi) is 3.05. The second-order valence-electron chi connectivity index (χ2n) is 4.86. The van der Waals surface area contributed by atoms with Gasteiger partial charge in [-0.25, -0.2) is 0 Å². The summed E-state index contributed by atoms with van der Waals surface area (Å²) in [4.78, 5) is 6.93. The molecule has 18 heavy (non-hydrogen) atoms. The minimum absolute atomic E-state index is 1.08. The van der Waals surface area contributed by atoms with E-state index in [2.05, 4.69) is 33.4 Å². The lowest BCUT2D eigenvalue weighted by Crippen LogP contribution is -2.29. The third kappa shape index (κ3) is 2.01. The predicted molar refractivity (Wildman–Crippen MR) is 77.4 cm³/mol. The third-order valence-electron chi connectivity index (χ3n) is 3.69. The molecule has 1 aliphatic heterocycles. The van der Waals surface area contributed by atoms with Gasteiger partial charge in [-0.05, 0) is 37.5 Å². The average Bonchev–Trinajstić information content (AvgIpc) is 2.46. The van der Waals surface area contributed by atoms with E-state index in [1.165, 1.54) is 36.0 Å². The first-order valence-electron chi connectivity index (χ1n) is 6.70. The highest BCUT2D eigenvalue weighted by atomic mass is 15.1. The third-order valence-corrected chi connectivity index (χ3v) is 3.69. The summed E-state index contributed by atoms with van der Waals surface area (Å²) >= 11 is 0. The predicted octanol–water partition coefficient (Wildman–Crippen LogP) is 3.27. The van der Waals surface area contributed by atoms with Crippen molar-refractivity contribution in [3.63, 3.8) is 0 Å². The minimum Gasteiger partial charge on any atom is -0.386 e. The number of hydrogen-bond acceptors (Lipinski definition) is 3. The fourth-order valence-corrected chi connectivity index (χ4v) is 2.71. The minimum atomic E-state index is 1.08. The van der Waals surface area contributed by atoms with Gasteiger partial charge in [0.2, 0.25) is 0 Å². The Morgan fingerprint density at radius 2 is 2.00 bits per heavy atom. The van der Waals surface area contributed by atoms with Gasteiger partial charge < -0.3 is 10.2 Å². The van der Waals surface area contributed by atoms with Crippen molar-refractivity contribution in [1.29, 1.82) is 0 Å². The van der Waals surface area contributed by atoms with E-state index < -0.39 is 0 Å². The van der Waals surface area contributed by atoms with Gasteiger partial charge in [-0.2, -0.15) is 0 Å². The topological polar surface area (TPSA) is 28.2 Å². The van der Waals surface area contributed by atoms with Crippen molar-refractivity contribution in [2.45, 2.75) is 19.3 Å². The first kappa shape index (κ1) is 11.3. The summed E-state index contributed by atoms with van der Waals surface area (Å²) in [6.45, 7) is 2.32. The number of pyridine rings is 1. The average molecular weight is 241 g/mol. The van der Waals surface area contributed by atoms with Crippen LogP contribution in [0.15, 0.2) is 30.5 Å². The van der Waals surface area contributed by atoms with E-state index in [9.17, 15) is 0 Å². The number of aromatic nitrogens is 1. The molecule has 1 fully saturated rings. The van der Waals surface area contributed by atoms with Crippen molar-refractivity contribution in [3.8, 4) is 0 Å².